The molecule has 1 heterocycles. The molecule has 0 spiro atoms. The molecule has 1 aliphatic rings. The molecule has 0 radical (unpaired) electrons. The Balaban J connectivity index is 2.33. The third-order valence-corrected chi connectivity index (χ3v) is 8.61. The number of hydrogen-bond acceptors (Lipinski definition) is 8. The number of ether oxygens (including phenoxy) is 2. The Hall–Kier alpha value is -1.07. The molecule has 1 amide bonds. The number of allylic oxidation sites excluding steroid dienone is 1. The van der Waals surface area contributed by atoms with Crippen LogP contribution in [0.2, 0.25) is 0 Å². The minimum Gasteiger partial charge on any atom is -0.394 e. The van der Waals surface area contributed by atoms with Crippen LogP contribution in [0.3, 0.4) is 0 Å². The normalized spacial score (nSPS) is 23.7. The van der Waals surface area contributed by atoms with E-state index >= 15 is 0 Å². The molecule has 6 N–H and O–H groups in total. The van der Waals surface area contributed by atoms with E-state index < -0.39 is 49.5 Å². The van der Waals surface area contributed by atoms with Gasteiger partial charge < -0.3 is 40.3 Å². The maximum Gasteiger partial charge on any atom is 0.220 e. The van der Waals surface area contributed by atoms with Crippen molar-refractivity contribution in [2.24, 2.45) is 0 Å². The lowest BCUT2D eigenvalue weighted by Crippen LogP contribution is -2.60. The molecule has 1 saturated heterocycles. The number of amides is 1. The maximum atomic E-state index is 12.7. The van der Waals surface area contributed by atoms with Crippen molar-refractivity contribution >= 4 is 5.91 Å². The van der Waals surface area contributed by atoms with Gasteiger partial charge in [-0.15, -0.1) is 0 Å². The zero-order chi connectivity index (χ0) is 32.4. The Morgan fingerprint density at radius 1 is 0.750 bits per heavy atom. The zero-order valence-corrected chi connectivity index (χ0v) is 27.9. The summed E-state index contributed by atoms with van der Waals surface area (Å²) in [4.78, 5) is 12.7. The van der Waals surface area contributed by atoms with Crippen LogP contribution in [0.4, 0.5) is 0 Å². The third kappa shape index (κ3) is 18.8. The average molecular weight is 630 g/mol. The molecule has 0 aromatic rings. The van der Waals surface area contributed by atoms with E-state index in [9.17, 15) is 30.3 Å². The van der Waals surface area contributed by atoms with Gasteiger partial charge in [0.05, 0.1) is 25.4 Å². The summed E-state index contributed by atoms with van der Waals surface area (Å²) in [6, 6.07) is -0.793. The lowest BCUT2D eigenvalue weighted by Gasteiger charge is -2.40. The molecule has 0 saturated carbocycles. The molecule has 44 heavy (non-hydrogen) atoms. The Morgan fingerprint density at radius 2 is 1.25 bits per heavy atom. The number of carbonyl (C=O) groups is 1. The summed E-state index contributed by atoms with van der Waals surface area (Å²) in [6.07, 6.45) is 20.1. The first-order valence-corrected chi connectivity index (χ1v) is 17.9. The van der Waals surface area contributed by atoms with Crippen LogP contribution in [0.1, 0.15) is 149 Å². The van der Waals surface area contributed by atoms with Gasteiger partial charge in [-0.2, -0.15) is 0 Å². The predicted octanol–water partition coefficient (Wildman–Crippen LogP) is 5.44. The minimum absolute atomic E-state index is 0.184. The highest BCUT2D eigenvalue weighted by Crippen LogP contribution is 2.22. The van der Waals surface area contributed by atoms with Gasteiger partial charge in [0, 0.05) is 6.42 Å². The number of aliphatic hydroxyl groups is 5. The number of aliphatic hydroxyl groups excluding tert-OH is 5. The van der Waals surface area contributed by atoms with E-state index in [4.69, 9.17) is 9.47 Å². The fourth-order valence-corrected chi connectivity index (χ4v) is 5.62. The van der Waals surface area contributed by atoms with Crippen LogP contribution in [0.5, 0.6) is 0 Å². The first-order chi connectivity index (χ1) is 21.3. The SMILES string of the molecule is CCCCC/C=C/C(O)C(COC1OC(CO)C(O)C(O)C1O)NC(=O)CCCCCCCCCCCCCCCCCC. The summed E-state index contributed by atoms with van der Waals surface area (Å²) < 4.78 is 11.1. The summed E-state index contributed by atoms with van der Waals surface area (Å²) in [6.45, 7) is 3.64. The van der Waals surface area contributed by atoms with Gasteiger partial charge in [-0.05, 0) is 19.3 Å². The molecular formula is C35H67NO8. The standard InChI is InChI=1S/C35H67NO8/c1-3-5-7-9-10-11-12-13-14-15-16-17-18-19-21-23-25-31(39)36-28(29(38)24-22-20-8-6-4-2)27-43-35-34(42)33(41)32(40)30(26-37)44-35/h22,24,28-30,32-35,37-38,40-42H,3-21,23,25-27H2,1-2H3,(H,36,39)/b24-22+. The largest absolute Gasteiger partial charge is 0.394 e. The number of nitrogens with one attached hydrogen (secondary N) is 1. The third-order valence-electron chi connectivity index (χ3n) is 8.61. The smallest absolute Gasteiger partial charge is 0.220 e. The van der Waals surface area contributed by atoms with E-state index in [0.29, 0.717) is 6.42 Å². The number of carbonyl (C=O) groups excluding carboxylic acids is 1. The van der Waals surface area contributed by atoms with Gasteiger partial charge in [-0.3, -0.25) is 4.79 Å². The minimum atomic E-state index is -1.56. The molecule has 0 aromatic heterocycles. The molecule has 1 fully saturated rings. The van der Waals surface area contributed by atoms with Crippen molar-refractivity contribution in [2.75, 3.05) is 13.2 Å². The molecule has 260 valence electrons. The van der Waals surface area contributed by atoms with E-state index in [0.717, 1.165) is 44.9 Å². The Morgan fingerprint density at radius 3 is 1.77 bits per heavy atom. The second kappa shape index (κ2) is 27.1. The molecule has 7 unspecified atom stereocenters. The summed E-state index contributed by atoms with van der Waals surface area (Å²) in [5, 5.41) is 53.4. The first-order valence-electron chi connectivity index (χ1n) is 17.9. The van der Waals surface area contributed by atoms with Crippen molar-refractivity contribution in [1.29, 1.82) is 0 Å². The van der Waals surface area contributed by atoms with E-state index in [-0.39, 0.29) is 12.5 Å². The fourth-order valence-electron chi connectivity index (χ4n) is 5.62. The lowest BCUT2D eigenvalue weighted by molar-refractivity contribution is -0.302. The molecular weight excluding hydrogens is 562 g/mol. The van der Waals surface area contributed by atoms with Crippen molar-refractivity contribution in [3.05, 3.63) is 12.2 Å². The van der Waals surface area contributed by atoms with Gasteiger partial charge in [0.2, 0.25) is 5.91 Å². The molecule has 1 aliphatic heterocycles. The van der Waals surface area contributed by atoms with Gasteiger partial charge in [-0.1, -0.05) is 135 Å². The summed E-state index contributed by atoms with van der Waals surface area (Å²) in [5.74, 6) is -0.184. The summed E-state index contributed by atoms with van der Waals surface area (Å²) >= 11 is 0. The van der Waals surface area contributed by atoms with Crippen molar-refractivity contribution in [3.63, 3.8) is 0 Å². The average Bonchev–Trinajstić information content (AvgIpc) is 3.02. The highest BCUT2D eigenvalue weighted by molar-refractivity contribution is 5.76. The molecule has 0 bridgehead atoms. The van der Waals surface area contributed by atoms with Crippen LogP contribution in [-0.4, -0.2) is 87.5 Å². The molecule has 9 nitrogen and oxygen atoms in total. The zero-order valence-electron chi connectivity index (χ0n) is 27.9. The Kier molecular flexibility index (Phi) is 25.2. The lowest BCUT2D eigenvalue weighted by atomic mass is 9.99. The van der Waals surface area contributed by atoms with Gasteiger partial charge in [0.15, 0.2) is 6.29 Å². The fraction of sp³-hybridized carbons (Fsp3) is 0.914. The van der Waals surface area contributed by atoms with Crippen LogP contribution in [0.15, 0.2) is 12.2 Å². The van der Waals surface area contributed by atoms with Crippen molar-refractivity contribution < 1.29 is 39.8 Å². The van der Waals surface area contributed by atoms with E-state index in [1.807, 2.05) is 6.08 Å². The molecule has 0 aromatic carbocycles. The second-order valence-electron chi connectivity index (χ2n) is 12.7. The number of hydrogen-bond donors (Lipinski definition) is 6. The van der Waals surface area contributed by atoms with Crippen molar-refractivity contribution in [2.45, 2.75) is 192 Å². The second-order valence-corrected chi connectivity index (χ2v) is 12.7. The van der Waals surface area contributed by atoms with Gasteiger partial charge in [0.1, 0.15) is 24.4 Å². The predicted molar refractivity (Wildman–Crippen MR) is 175 cm³/mol. The highest BCUT2D eigenvalue weighted by atomic mass is 16.7. The molecule has 0 aliphatic carbocycles. The van der Waals surface area contributed by atoms with E-state index in [2.05, 4.69) is 19.2 Å². The topological polar surface area (TPSA) is 149 Å². The van der Waals surface area contributed by atoms with Crippen molar-refractivity contribution in [3.8, 4) is 0 Å². The molecule has 1 rings (SSSR count). The molecule has 7 atom stereocenters. The number of unbranched alkanes of at least 4 members (excludes halogenated alkanes) is 18. The molecule has 9 heteroatoms. The maximum absolute atomic E-state index is 12.7. The number of rotatable bonds is 28. The van der Waals surface area contributed by atoms with Crippen molar-refractivity contribution in [1.82, 2.24) is 5.32 Å². The van der Waals surface area contributed by atoms with Gasteiger partial charge in [0.25, 0.3) is 0 Å². The van der Waals surface area contributed by atoms with Gasteiger partial charge in [-0.25, -0.2) is 0 Å². The van der Waals surface area contributed by atoms with E-state index in [1.54, 1.807) is 6.08 Å². The first kappa shape index (κ1) is 41.0. The Bertz CT molecular complexity index is 706. The van der Waals surface area contributed by atoms with Gasteiger partial charge >= 0.3 is 0 Å². The van der Waals surface area contributed by atoms with Crippen LogP contribution < -0.4 is 5.32 Å². The highest BCUT2D eigenvalue weighted by Gasteiger charge is 2.44. The summed E-state index contributed by atoms with van der Waals surface area (Å²) in [7, 11) is 0. The quantitative estimate of drug-likeness (QED) is 0.0495. The monoisotopic (exact) mass is 629 g/mol. The summed E-state index contributed by atoms with van der Waals surface area (Å²) in [5.41, 5.74) is 0. The van der Waals surface area contributed by atoms with Crippen LogP contribution in [-0.2, 0) is 14.3 Å². The van der Waals surface area contributed by atoms with Crippen LogP contribution in [0.25, 0.3) is 0 Å². The Labute approximate surface area is 267 Å². The van der Waals surface area contributed by atoms with E-state index in [1.165, 1.54) is 83.5 Å². The van der Waals surface area contributed by atoms with Crippen LogP contribution >= 0.6 is 0 Å². The van der Waals surface area contributed by atoms with Crippen LogP contribution in [0, 0.1) is 0 Å².